The van der Waals surface area contributed by atoms with Crippen LogP contribution in [0, 0.1) is 5.92 Å². The molecule has 94 valence electrons. The number of hydrogen-bond acceptors (Lipinski definition) is 5. The minimum Gasteiger partial charge on any atom is -0.277 e. The summed E-state index contributed by atoms with van der Waals surface area (Å²) < 4.78 is 27.7. The van der Waals surface area contributed by atoms with Crippen molar-refractivity contribution in [2.24, 2.45) is 5.92 Å². The third-order valence-electron chi connectivity index (χ3n) is 2.53. The van der Waals surface area contributed by atoms with Gasteiger partial charge in [-0.3, -0.25) is 10.2 Å². The maximum Gasteiger partial charge on any atom is 0.269 e. The predicted molar refractivity (Wildman–Crippen MR) is 65.6 cm³/mol. The molecule has 0 aromatic carbocycles. The van der Waals surface area contributed by atoms with Crippen LogP contribution >= 0.6 is 27.5 Å². The molecule has 0 spiro atoms. The number of carbonyl (C=O) groups excluding carboxylic acids is 1. The van der Waals surface area contributed by atoms with Crippen molar-refractivity contribution in [2.45, 2.75) is 23.5 Å². The van der Waals surface area contributed by atoms with E-state index in [0.717, 1.165) is 30.8 Å². The second kappa shape index (κ2) is 5.01. The molecule has 1 fully saturated rings. The number of sulfonamides is 1. The van der Waals surface area contributed by atoms with Crippen LogP contribution in [-0.4, -0.2) is 18.7 Å². The van der Waals surface area contributed by atoms with E-state index in [1.54, 1.807) is 0 Å². The number of nitrogens with one attached hydrogen (secondary N) is 2. The molecule has 17 heavy (non-hydrogen) atoms. The first-order chi connectivity index (χ1) is 8.00. The predicted octanol–water partition coefficient (Wildman–Crippen LogP) is 1.02. The molecule has 1 aliphatic rings. The van der Waals surface area contributed by atoms with Crippen molar-refractivity contribution in [3.8, 4) is 0 Å². The molecule has 0 aliphatic heterocycles. The normalized spacial score (nSPS) is 16.5. The lowest BCUT2D eigenvalue weighted by Crippen LogP contribution is -2.45. The van der Waals surface area contributed by atoms with Crippen LogP contribution in [0.15, 0.2) is 14.9 Å². The summed E-state index contributed by atoms with van der Waals surface area (Å²) in [7, 11) is -3.73. The summed E-state index contributed by atoms with van der Waals surface area (Å²) in [5.74, 6) is -0.344. The summed E-state index contributed by atoms with van der Waals surface area (Å²) in [4.78, 5) is 13.5. The number of aromatic nitrogens is 1. The molecule has 1 aromatic heterocycles. The number of nitrogens with zero attached hydrogens (tertiary/aromatic N) is 1. The Bertz CT molecular complexity index is 524. The molecule has 1 saturated carbocycles. The smallest absolute Gasteiger partial charge is 0.269 e. The Morgan fingerprint density at radius 3 is 2.71 bits per heavy atom. The van der Waals surface area contributed by atoms with Crippen molar-refractivity contribution in [1.29, 1.82) is 0 Å². The average molecular weight is 340 g/mol. The second-order valence-corrected chi connectivity index (χ2v) is 7.22. The SMILES string of the molecule is O=C(NNS(=O)(=O)c1sncc1Br)C1CCC1. The van der Waals surface area contributed by atoms with Gasteiger partial charge in [0.1, 0.15) is 0 Å². The zero-order valence-electron chi connectivity index (χ0n) is 8.64. The van der Waals surface area contributed by atoms with Gasteiger partial charge in [-0.05, 0) is 40.3 Å². The Kier molecular flexibility index (Phi) is 3.81. The summed E-state index contributed by atoms with van der Waals surface area (Å²) in [6, 6.07) is 0. The Labute approximate surface area is 111 Å². The van der Waals surface area contributed by atoms with Crippen LogP contribution in [0.5, 0.6) is 0 Å². The zero-order chi connectivity index (χ0) is 12.5. The van der Waals surface area contributed by atoms with Gasteiger partial charge in [-0.2, -0.15) is 4.37 Å². The number of rotatable bonds is 4. The Morgan fingerprint density at radius 1 is 1.53 bits per heavy atom. The van der Waals surface area contributed by atoms with Crippen LogP contribution in [0.3, 0.4) is 0 Å². The van der Waals surface area contributed by atoms with E-state index in [0.29, 0.717) is 4.47 Å². The summed E-state index contributed by atoms with van der Waals surface area (Å²) in [6.07, 6.45) is 4.05. The maximum atomic E-state index is 11.8. The number of hydrogen-bond donors (Lipinski definition) is 2. The van der Waals surface area contributed by atoms with Gasteiger partial charge in [0.25, 0.3) is 10.0 Å². The molecule has 1 amide bonds. The van der Waals surface area contributed by atoms with Gasteiger partial charge in [0.15, 0.2) is 4.21 Å². The fraction of sp³-hybridized carbons (Fsp3) is 0.500. The molecule has 0 saturated heterocycles. The van der Waals surface area contributed by atoms with Crippen molar-refractivity contribution in [3.63, 3.8) is 0 Å². The van der Waals surface area contributed by atoms with E-state index in [-0.39, 0.29) is 16.0 Å². The van der Waals surface area contributed by atoms with E-state index in [4.69, 9.17) is 0 Å². The van der Waals surface area contributed by atoms with Crippen molar-refractivity contribution >= 4 is 43.4 Å². The molecule has 2 N–H and O–H groups in total. The molecular formula is C8H10BrN3O3S2. The van der Waals surface area contributed by atoms with Gasteiger partial charge in [-0.25, -0.2) is 8.42 Å². The number of amides is 1. The highest BCUT2D eigenvalue weighted by Gasteiger charge is 2.27. The lowest BCUT2D eigenvalue weighted by Gasteiger charge is -2.23. The molecule has 1 heterocycles. The first-order valence-corrected chi connectivity index (χ1v) is 7.97. The van der Waals surface area contributed by atoms with Crippen molar-refractivity contribution in [2.75, 3.05) is 0 Å². The van der Waals surface area contributed by atoms with Crippen molar-refractivity contribution in [3.05, 3.63) is 10.7 Å². The van der Waals surface area contributed by atoms with Crippen LogP contribution in [0.4, 0.5) is 0 Å². The average Bonchev–Trinajstić information content (AvgIpc) is 2.59. The van der Waals surface area contributed by atoms with E-state index in [2.05, 4.69) is 30.6 Å². The van der Waals surface area contributed by atoms with E-state index in [9.17, 15) is 13.2 Å². The van der Waals surface area contributed by atoms with Crippen LogP contribution < -0.4 is 10.3 Å². The van der Waals surface area contributed by atoms with Crippen molar-refractivity contribution in [1.82, 2.24) is 14.6 Å². The molecule has 1 aliphatic carbocycles. The van der Waals surface area contributed by atoms with Crippen molar-refractivity contribution < 1.29 is 13.2 Å². The molecular weight excluding hydrogens is 330 g/mol. The van der Waals surface area contributed by atoms with Gasteiger partial charge in [-0.1, -0.05) is 6.42 Å². The molecule has 0 bridgehead atoms. The Morgan fingerprint density at radius 2 is 2.24 bits per heavy atom. The lowest BCUT2D eigenvalue weighted by molar-refractivity contribution is -0.127. The lowest BCUT2D eigenvalue weighted by atomic mass is 9.85. The maximum absolute atomic E-state index is 11.8. The molecule has 6 nitrogen and oxygen atoms in total. The van der Waals surface area contributed by atoms with Gasteiger partial charge in [0.2, 0.25) is 5.91 Å². The van der Waals surface area contributed by atoms with Gasteiger partial charge in [-0.15, -0.1) is 4.83 Å². The number of carbonyl (C=O) groups is 1. The third-order valence-corrected chi connectivity index (χ3v) is 6.21. The zero-order valence-corrected chi connectivity index (χ0v) is 11.9. The van der Waals surface area contributed by atoms with E-state index >= 15 is 0 Å². The summed E-state index contributed by atoms with van der Waals surface area (Å²) in [6.45, 7) is 0. The molecule has 0 radical (unpaired) electrons. The van der Waals surface area contributed by atoms with Crippen LogP contribution in [-0.2, 0) is 14.8 Å². The molecule has 2 rings (SSSR count). The molecule has 0 unspecified atom stereocenters. The third kappa shape index (κ3) is 2.84. The van der Waals surface area contributed by atoms with E-state index in [1.807, 2.05) is 0 Å². The van der Waals surface area contributed by atoms with Crippen LogP contribution in [0.2, 0.25) is 0 Å². The van der Waals surface area contributed by atoms with Gasteiger partial charge >= 0.3 is 0 Å². The van der Waals surface area contributed by atoms with Gasteiger partial charge in [0, 0.05) is 5.92 Å². The summed E-state index contributed by atoms with van der Waals surface area (Å²) in [5.41, 5.74) is 2.22. The summed E-state index contributed by atoms with van der Waals surface area (Å²) >= 11 is 3.92. The fourth-order valence-electron chi connectivity index (χ4n) is 1.33. The number of halogens is 1. The first kappa shape index (κ1) is 12.9. The quantitative estimate of drug-likeness (QED) is 0.801. The van der Waals surface area contributed by atoms with Crippen LogP contribution in [0.1, 0.15) is 19.3 Å². The van der Waals surface area contributed by atoms with E-state index < -0.39 is 10.0 Å². The Balaban J connectivity index is 1.98. The minimum atomic E-state index is -3.73. The largest absolute Gasteiger partial charge is 0.277 e. The molecule has 9 heteroatoms. The highest BCUT2D eigenvalue weighted by atomic mass is 79.9. The molecule has 0 atom stereocenters. The highest BCUT2D eigenvalue weighted by Crippen LogP contribution is 2.27. The summed E-state index contributed by atoms with van der Waals surface area (Å²) in [5, 5.41) is 0. The van der Waals surface area contributed by atoms with Crippen LogP contribution in [0.25, 0.3) is 0 Å². The fourth-order valence-corrected chi connectivity index (χ4v) is 4.10. The monoisotopic (exact) mass is 339 g/mol. The first-order valence-electron chi connectivity index (χ1n) is 4.92. The minimum absolute atomic E-state index is 0.0476. The topological polar surface area (TPSA) is 88.2 Å². The number of hydrazine groups is 1. The molecule has 1 aromatic rings. The van der Waals surface area contributed by atoms with E-state index in [1.165, 1.54) is 6.20 Å². The van der Waals surface area contributed by atoms with Gasteiger partial charge in [0.05, 0.1) is 10.7 Å². The van der Waals surface area contributed by atoms with Gasteiger partial charge < -0.3 is 0 Å². The second-order valence-electron chi connectivity index (χ2n) is 3.68. The standard InChI is InChI=1S/C8H10BrN3O3S2/c9-6-4-10-16-8(6)17(14,15)12-11-7(13)5-2-1-3-5/h4-5,12H,1-3H2,(H,11,13). The highest BCUT2D eigenvalue weighted by molar-refractivity contribution is 9.10. The Hall–Kier alpha value is -0.510.